The first kappa shape index (κ1) is 21.4. The summed E-state index contributed by atoms with van der Waals surface area (Å²) in [6.45, 7) is 1.42. The number of likely N-dealkylation sites (tertiary alicyclic amines) is 1. The fourth-order valence-corrected chi connectivity index (χ4v) is 4.02. The number of benzene rings is 3. The Morgan fingerprint density at radius 2 is 1.71 bits per heavy atom. The molecule has 2 N–H and O–H groups in total. The zero-order valence-electron chi connectivity index (χ0n) is 17.1. The molecule has 0 radical (unpaired) electrons. The van der Waals surface area contributed by atoms with Crippen LogP contribution in [-0.2, 0) is 12.2 Å². The smallest absolute Gasteiger partial charge is 0.321 e. The third kappa shape index (κ3) is 5.46. The molecular formula is C25H25BrN2O3. The molecule has 0 unspecified atom stereocenters. The van der Waals surface area contributed by atoms with Gasteiger partial charge >= 0.3 is 6.03 Å². The molecule has 3 aromatic rings. The molecule has 0 spiro atoms. The van der Waals surface area contributed by atoms with Crippen LogP contribution in [0.4, 0.5) is 10.5 Å². The Labute approximate surface area is 190 Å². The van der Waals surface area contributed by atoms with Gasteiger partial charge in [-0.1, -0.05) is 58.4 Å². The number of hydrogen-bond donors (Lipinski definition) is 2. The van der Waals surface area contributed by atoms with Crippen molar-refractivity contribution in [2.45, 2.75) is 25.0 Å². The molecule has 1 heterocycles. The SMILES string of the molecule is O=C(Nc1cccc(COc2ccccc2)c1)N1CCC(O)(c2ccc(Br)cc2)CC1. The minimum absolute atomic E-state index is 0.154. The molecule has 0 bridgehead atoms. The lowest BCUT2D eigenvalue weighted by molar-refractivity contribution is -0.0157. The molecule has 160 valence electrons. The van der Waals surface area contributed by atoms with Gasteiger partial charge in [0, 0.05) is 23.2 Å². The Balaban J connectivity index is 1.32. The molecule has 0 aliphatic carbocycles. The molecule has 3 aromatic carbocycles. The number of carbonyl (C=O) groups is 1. The second-order valence-electron chi connectivity index (χ2n) is 7.76. The summed E-state index contributed by atoms with van der Waals surface area (Å²) >= 11 is 3.42. The Hall–Kier alpha value is -2.83. The van der Waals surface area contributed by atoms with Gasteiger partial charge in [0.2, 0.25) is 0 Å². The van der Waals surface area contributed by atoms with Crippen LogP contribution < -0.4 is 10.1 Å². The summed E-state index contributed by atoms with van der Waals surface area (Å²) in [5.41, 5.74) is 1.70. The molecule has 31 heavy (non-hydrogen) atoms. The van der Waals surface area contributed by atoms with Crippen molar-refractivity contribution >= 4 is 27.6 Å². The van der Waals surface area contributed by atoms with Crippen molar-refractivity contribution in [3.8, 4) is 5.75 Å². The third-order valence-electron chi connectivity index (χ3n) is 5.59. The Morgan fingerprint density at radius 1 is 1.00 bits per heavy atom. The first-order valence-electron chi connectivity index (χ1n) is 10.3. The molecule has 2 amide bonds. The number of hydrogen-bond acceptors (Lipinski definition) is 3. The van der Waals surface area contributed by atoms with Gasteiger partial charge < -0.3 is 20.1 Å². The first-order chi connectivity index (χ1) is 15.0. The van der Waals surface area contributed by atoms with Crippen molar-refractivity contribution in [3.63, 3.8) is 0 Å². The fraction of sp³-hybridized carbons (Fsp3) is 0.240. The molecule has 0 atom stereocenters. The lowest BCUT2D eigenvalue weighted by Crippen LogP contribution is -2.46. The zero-order chi connectivity index (χ0) is 21.7. The van der Waals surface area contributed by atoms with Crippen LogP contribution in [0.1, 0.15) is 24.0 Å². The monoisotopic (exact) mass is 480 g/mol. The normalized spacial score (nSPS) is 15.4. The standard InChI is InChI=1S/C25H25BrN2O3/c26-21-11-9-20(10-12-21)25(30)13-15-28(16-14-25)24(29)27-22-6-4-5-19(17-22)18-31-23-7-2-1-3-8-23/h1-12,17,30H,13-16,18H2,(H,27,29). The highest BCUT2D eigenvalue weighted by Gasteiger charge is 2.35. The minimum atomic E-state index is -0.897. The van der Waals surface area contributed by atoms with E-state index in [1.807, 2.05) is 78.9 Å². The molecule has 1 fully saturated rings. The third-order valence-corrected chi connectivity index (χ3v) is 6.12. The predicted molar refractivity (Wildman–Crippen MR) is 125 cm³/mol. The Bertz CT molecular complexity index is 1020. The van der Waals surface area contributed by atoms with Crippen molar-refractivity contribution in [1.82, 2.24) is 4.90 Å². The van der Waals surface area contributed by atoms with E-state index in [-0.39, 0.29) is 6.03 Å². The second kappa shape index (κ2) is 9.54. The number of piperidine rings is 1. The highest BCUT2D eigenvalue weighted by Crippen LogP contribution is 2.33. The molecule has 0 saturated carbocycles. The Kier molecular flexibility index (Phi) is 6.59. The molecule has 4 rings (SSSR count). The van der Waals surface area contributed by atoms with Crippen LogP contribution in [-0.4, -0.2) is 29.1 Å². The maximum atomic E-state index is 12.7. The summed E-state index contributed by atoms with van der Waals surface area (Å²) in [6, 6.07) is 24.9. The van der Waals surface area contributed by atoms with Crippen LogP contribution in [0.3, 0.4) is 0 Å². The number of nitrogens with zero attached hydrogens (tertiary/aromatic N) is 1. The summed E-state index contributed by atoms with van der Waals surface area (Å²) in [6.07, 6.45) is 1.01. The van der Waals surface area contributed by atoms with Crippen LogP contribution in [0.2, 0.25) is 0 Å². The van der Waals surface area contributed by atoms with Gasteiger partial charge in [0.15, 0.2) is 0 Å². The van der Waals surface area contributed by atoms with E-state index in [4.69, 9.17) is 4.74 Å². The largest absolute Gasteiger partial charge is 0.489 e. The number of anilines is 1. The molecule has 1 saturated heterocycles. The van der Waals surface area contributed by atoms with Crippen LogP contribution >= 0.6 is 15.9 Å². The van der Waals surface area contributed by atoms with E-state index < -0.39 is 5.60 Å². The summed E-state index contributed by atoms with van der Waals surface area (Å²) in [4.78, 5) is 14.5. The summed E-state index contributed by atoms with van der Waals surface area (Å²) < 4.78 is 6.77. The molecule has 5 nitrogen and oxygen atoms in total. The lowest BCUT2D eigenvalue weighted by atomic mass is 9.84. The van der Waals surface area contributed by atoms with Gasteiger partial charge in [-0.3, -0.25) is 0 Å². The number of para-hydroxylation sites is 1. The summed E-state index contributed by atoms with van der Waals surface area (Å²) in [7, 11) is 0. The fourth-order valence-electron chi connectivity index (χ4n) is 3.75. The molecule has 6 heteroatoms. The van der Waals surface area contributed by atoms with Gasteiger partial charge in [-0.05, 0) is 60.4 Å². The molecule has 0 aromatic heterocycles. The van der Waals surface area contributed by atoms with Crippen molar-refractivity contribution in [2.24, 2.45) is 0 Å². The van der Waals surface area contributed by atoms with E-state index in [9.17, 15) is 9.90 Å². The van der Waals surface area contributed by atoms with E-state index >= 15 is 0 Å². The zero-order valence-corrected chi connectivity index (χ0v) is 18.7. The quantitative estimate of drug-likeness (QED) is 0.503. The number of halogens is 1. The number of aliphatic hydroxyl groups is 1. The average Bonchev–Trinajstić information content (AvgIpc) is 2.79. The number of amides is 2. The van der Waals surface area contributed by atoms with Gasteiger partial charge in [0.25, 0.3) is 0 Å². The number of ether oxygens (including phenoxy) is 1. The van der Waals surface area contributed by atoms with E-state index in [0.717, 1.165) is 27.0 Å². The minimum Gasteiger partial charge on any atom is -0.489 e. The van der Waals surface area contributed by atoms with Crippen LogP contribution in [0.15, 0.2) is 83.3 Å². The van der Waals surface area contributed by atoms with Crippen molar-refractivity contribution in [2.75, 3.05) is 18.4 Å². The number of urea groups is 1. The van der Waals surface area contributed by atoms with Gasteiger partial charge in [0.05, 0.1) is 5.60 Å². The van der Waals surface area contributed by atoms with Gasteiger partial charge in [-0.15, -0.1) is 0 Å². The highest BCUT2D eigenvalue weighted by molar-refractivity contribution is 9.10. The summed E-state index contributed by atoms with van der Waals surface area (Å²) in [5.74, 6) is 0.809. The van der Waals surface area contributed by atoms with Crippen molar-refractivity contribution in [1.29, 1.82) is 0 Å². The Morgan fingerprint density at radius 3 is 2.42 bits per heavy atom. The first-order valence-corrected chi connectivity index (χ1v) is 11.1. The topological polar surface area (TPSA) is 61.8 Å². The average molecular weight is 481 g/mol. The van der Waals surface area contributed by atoms with Gasteiger partial charge in [-0.25, -0.2) is 4.79 Å². The lowest BCUT2D eigenvalue weighted by Gasteiger charge is -2.38. The van der Waals surface area contributed by atoms with Gasteiger partial charge in [-0.2, -0.15) is 0 Å². The van der Waals surface area contributed by atoms with E-state index in [2.05, 4.69) is 21.2 Å². The maximum absolute atomic E-state index is 12.7. The maximum Gasteiger partial charge on any atom is 0.321 e. The van der Waals surface area contributed by atoms with E-state index in [1.54, 1.807) is 4.90 Å². The predicted octanol–water partition coefficient (Wildman–Crippen LogP) is 5.54. The number of nitrogens with one attached hydrogen (secondary N) is 1. The second-order valence-corrected chi connectivity index (χ2v) is 8.67. The highest BCUT2D eigenvalue weighted by atomic mass is 79.9. The van der Waals surface area contributed by atoms with Crippen LogP contribution in [0.25, 0.3) is 0 Å². The van der Waals surface area contributed by atoms with Crippen LogP contribution in [0.5, 0.6) is 5.75 Å². The molecular weight excluding hydrogens is 456 g/mol. The molecule has 1 aliphatic rings. The van der Waals surface area contributed by atoms with Crippen molar-refractivity contribution in [3.05, 3.63) is 94.5 Å². The molecule has 1 aliphatic heterocycles. The number of carbonyl (C=O) groups excluding carboxylic acids is 1. The van der Waals surface area contributed by atoms with Gasteiger partial charge in [0.1, 0.15) is 12.4 Å². The van der Waals surface area contributed by atoms with Crippen LogP contribution in [0, 0.1) is 0 Å². The van der Waals surface area contributed by atoms with E-state index in [0.29, 0.717) is 32.5 Å². The number of rotatable bonds is 5. The van der Waals surface area contributed by atoms with Crippen molar-refractivity contribution < 1.29 is 14.6 Å². The van der Waals surface area contributed by atoms with E-state index in [1.165, 1.54) is 0 Å². The summed E-state index contributed by atoms with van der Waals surface area (Å²) in [5, 5.41) is 14.0.